The maximum atomic E-state index is 12.5. The van der Waals surface area contributed by atoms with E-state index in [1.165, 1.54) is 90.9 Å². The molecule has 0 aliphatic heterocycles. The Morgan fingerprint density at radius 2 is 0.938 bits per heavy atom. The molecule has 0 N–H and O–H groups in total. The van der Waals surface area contributed by atoms with Gasteiger partial charge < -0.3 is 0 Å². The number of halogens is 3. The molecular formula is C25H49F3O3S. The quantitative estimate of drug-likeness (QED) is 0.0978. The minimum absolute atomic E-state index is 0.288. The van der Waals surface area contributed by atoms with Gasteiger partial charge in [0.15, 0.2) is 0 Å². The van der Waals surface area contributed by atoms with Crippen LogP contribution >= 0.6 is 0 Å². The van der Waals surface area contributed by atoms with Crippen molar-refractivity contribution in [1.29, 1.82) is 0 Å². The van der Waals surface area contributed by atoms with Gasteiger partial charge in [-0.3, -0.25) is 4.18 Å². The standard InChI is InChI=1S/C25H49F3O3S/c1-6-9-19-24(20-10-7-2,21-11-8-3)22-17-15-13-12-14-16-18-23(4,5)31-32(29,30)25(26,27)28/h6-22H2,1-5H3. The molecule has 0 rings (SSSR count). The number of hydrogen-bond donors (Lipinski definition) is 0. The van der Waals surface area contributed by atoms with Crippen molar-refractivity contribution in [2.24, 2.45) is 5.41 Å². The Bertz CT molecular complexity index is 550. The number of unbranched alkanes of at least 4 members (excludes halogenated alkanes) is 8. The van der Waals surface area contributed by atoms with Crippen molar-refractivity contribution < 1.29 is 25.8 Å². The van der Waals surface area contributed by atoms with Crippen LogP contribution in [0.4, 0.5) is 13.2 Å². The van der Waals surface area contributed by atoms with Gasteiger partial charge in [0.1, 0.15) is 0 Å². The fraction of sp³-hybridized carbons (Fsp3) is 1.00. The Balaban J connectivity index is 4.33. The lowest BCUT2D eigenvalue weighted by Crippen LogP contribution is -2.35. The Morgan fingerprint density at radius 3 is 1.31 bits per heavy atom. The molecule has 0 heterocycles. The summed E-state index contributed by atoms with van der Waals surface area (Å²) >= 11 is 0. The van der Waals surface area contributed by atoms with Crippen molar-refractivity contribution in [3.8, 4) is 0 Å². The van der Waals surface area contributed by atoms with Crippen LogP contribution in [0.1, 0.15) is 144 Å². The van der Waals surface area contributed by atoms with Crippen molar-refractivity contribution in [3.63, 3.8) is 0 Å². The second kappa shape index (κ2) is 15.6. The first-order chi connectivity index (χ1) is 14.8. The van der Waals surface area contributed by atoms with Crippen molar-refractivity contribution in [2.75, 3.05) is 0 Å². The fourth-order valence-corrected chi connectivity index (χ4v) is 5.32. The van der Waals surface area contributed by atoms with E-state index in [1.54, 1.807) is 0 Å². The molecule has 0 saturated carbocycles. The van der Waals surface area contributed by atoms with Gasteiger partial charge in [0.25, 0.3) is 0 Å². The lowest BCUT2D eigenvalue weighted by atomic mass is 9.71. The summed E-state index contributed by atoms with van der Waals surface area (Å²) in [7, 11) is -5.54. The van der Waals surface area contributed by atoms with Crippen LogP contribution in [0, 0.1) is 5.41 Å². The molecule has 0 aliphatic rings. The van der Waals surface area contributed by atoms with E-state index in [0.717, 1.165) is 19.3 Å². The summed E-state index contributed by atoms with van der Waals surface area (Å²) in [6.45, 7) is 9.62. The Kier molecular flexibility index (Phi) is 15.4. The summed E-state index contributed by atoms with van der Waals surface area (Å²) in [5, 5.41) is 0. The fourth-order valence-electron chi connectivity index (χ4n) is 4.55. The summed E-state index contributed by atoms with van der Waals surface area (Å²) in [5.41, 5.74) is -6.20. The minimum Gasteiger partial charge on any atom is -0.257 e. The van der Waals surface area contributed by atoms with Gasteiger partial charge in [-0.15, -0.1) is 0 Å². The van der Waals surface area contributed by atoms with Crippen LogP contribution in [-0.2, 0) is 14.3 Å². The highest BCUT2D eigenvalue weighted by Crippen LogP contribution is 2.41. The molecule has 0 radical (unpaired) electrons. The van der Waals surface area contributed by atoms with Gasteiger partial charge in [0.2, 0.25) is 0 Å². The summed E-state index contributed by atoms with van der Waals surface area (Å²) in [6.07, 6.45) is 19.5. The number of hydrogen-bond acceptors (Lipinski definition) is 3. The molecule has 0 aromatic heterocycles. The van der Waals surface area contributed by atoms with Crippen molar-refractivity contribution >= 4 is 10.1 Å². The zero-order valence-electron chi connectivity index (χ0n) is 21.3. The molecule has 7 heteroatoms. The van der Waals surface area contributed by atoms with Gasteiger partial charge >= 0.3 is 15.6 Å². The van der Waals surface area contributed by atoms with E-state index in [0.29, 0.717) is 11.8 Å². The molecule has 0 saturated heterocycles. The minimum atomic E-state index is -5.54. The summed E-state index contributed by atoms with van der Waals surface area (Å²) in [6, 6.07) is 0. The highest BCUT2D eigenvalue weighted by molar-refractivity contribution is 7.87. The first kappa shape index (κ1) is 31.7. The van der Waals surface area contributed by atoms with Crippen molar-refractivity contribution in [3.05, 3.63) is 0 Å². The summed E-state index contributed by atoms with van der Waals surface area (Å²) in [4.78, 5) is 0. The highest BCUT2D eigenvalue weighted by Gasteiger charge is 2.49. The lowest BCUT2D eigenvalue weighted by Gasteiger charge is -2.35. The van der Waals surface area contributed by atoms with Gasteiger partial charge in [-0.2, -0.15) is 21.6 Å². The monoisotopic (exact) mass is 486 g/mol. The molecule has 0 bridgehead atoms. The molecule has 0 spiro atoms. The summed E-state index contributed by atoms with van der Waals surface area (Å²) in [5.74, 6) is 0. The molecule has 0 fully saturated rings. The van der Waals surface area contributed by atoms with Gasteiger partial charge in [-0.25, -0.2) is 0 Å². The first-order valence-corrected chi connectivity index (χ1v) is 14.3. The van der Waals surface area contributed by atoms with E-state index in [9.17, 15) is 21.6 Å². The number of alkyl halides is 3. The van der Waals surface area contributed by atoms with Crippen LogP contribution in [0.3, 0.4) is 0 Å². The van der Waals surface area contributed by atoms with Crippen LogP contribution < -0.4 is 0 Å². The van der Waals surface area contributed by atoms with E-state index >= 15 is 0 Å². The van der Waals surface area contributed by atoms with E-state index < -0.39 is 21.2 Å². The highest BCUT2D eigenvalue weighted by atomic mass is 32.2. The molecule has 0 aromatic carbocycles. The average molecular weight is 487 g/mol. The smallest absolute Gasteiger partial charge is 0.257 e. The maximum absolute atomic E-state index is 12.5. The normalized spacial score (nSPS) is 13.6. The van der Waals surface area contributed by atoms with E-state index in [-0.39, 0.29) is 6.42 Å². The third-order valence-corrected chi connectivity index (χ3v) is 7.77. The predicted molar refractivity (Wildman–Crippen MR) is 128 cm³/mol. The second-order valence-corrected chi connectivity index (χ2v) is 11.7. The molecular weight excluding hydrogens is 437 g/mol. The average Bonchev–Trinajstić information content (AvgIpc) is 2.69. The molecule has 0 unspecified atom stereocenters. The zero-order valence-corrected chi connectivity index (χ0v) is 22.1. The maximum Gasteiger partial charge on any atom is 0.523 e. The Labute approximate surface area is 196 Å². The van der Waals surface area contributed by atoms with Gasteiger partial charge in [0, 0.05) is 0 Å². The van der Waals surface area contributed by atoms with Gasteiger partial charge in [-0.05, 0) is 51.4 Å². The predicted octanol–water partition coefficient (Wildman–Crippen LogP) is 9.31. The van der Waals surface area contributed by atoms with Crippen LogP contribution in [0.2, 0.25) is 0 Å². The van der Waals surface area contributed by atoms with Gasteiger partial charge in [0.05, 0.1) is 5.60 Å². The lowest BCUT2D eigenvalue weighted by molar-refractivity contribution is -0.0633. The SMILES string of the molecule is CCCCC(CCCC)(CCCC)CCCCCCCCC(C)(C)OS(=O)(=O)C(F)(F)F. The van der Waals surface area contributed by atoms with E-state index in [4.69, 9.17) is 0 Å². The molecule has 0 aromatic rings. The van der Waals surface area contributed by atoms with Crippen molar-refractivity contribution in [2.45, 2.75) is 155 Å². The van der Waals surface area contributed by atoms with Crippen LogP contribution in [-0.4, -0.2) is 19.5 Å². The third-order valence-electron chi connectivity index (χ3n) is 6.54. The Morgan fingerprint density at radius 1 is 0.594 bits per heavy atom. The molecule has 194 valence electrons. The first-order valence-electron chi connectivity index (χ1n) is 12.9. The number of rotatable bonds is 20. The van der Waals surface area contributed by atoms with E-state index in [2.05, 4.69) is 25.0 Å². The topological polar surface area (TPSA) is 43.4 Å². The van der Waals surface area contributed by atoms with Crippen molar-refractivity contribution in [1.82, 2.24) is 0 Å². The molecule has 32 heavy (non-hydrogen) atoms. The van der Waals surface area contributed by atoms with Crippen LogP contribution in [0.15, 0.2) is 0 Å². The van der Waals surface area contributed by atoms with Gasteiger partial charge in [-0.1, -0.05) is 97.8 Å². The second-order valence-electron chi connectivity index (χ2n) is 10.2. The van der Waals surface area contributed by atoms with Crippen LogP contribution in [0.5, 0.6) is 0 Å². The largest absolute Gasteiger partial charge is 0.523 e. The Hall–Kier alpha value is -0.300. The van der Waals surface area contributed by atoms with E-state index in [1.807, 2.05) is 0 Å². The zero-order chi connectivity index (χ0) is 24.7. The third kappa shape index (κ3) is 13.4. The molecule has 0 aliphatic carbocycles. The molecule has 0 atom stereocenters. The van der Waals surface area contributed by atoms with Crippen LogP contribution in [0.25, 0.3) is 0 Å². The molecule has 0 amide bonds. The molecule has 3 nitrogen and oxygen atoms in total. The summed E-state index contributed by atoms with van der Waals surface area (Å²) < 4.78 is 64.3.